The van der Waals surface area contributed by atoms with E-state index in [4.69, 9.17) is 16.7 Å². The normalized spacial score (nSPS) is 17.0. The number of aliphatic hydroxyl groups excluding tert-OH is 1. The molecule has 3 unspecified atom stereocenters. The lowest BCUT2D eigenvalue weighted by atomic mass is 10.3. The number of alkyl halides is 1. The molecule has 0 saturated heterocycles. The summed E-state index contributed by atoms with van der Waals surface area (Å²) in [5.41, 5.74) is 0. The third-order valence-corrected chi connectivity index (χ3v) is 5.06. The van der Waals surface area contributed by atoms with Crippen LogP contribution in [-0.2, 0) is 16.0 Å². The number of hydrogen-bond donors (Lipinski definition) is 2. The smallest absolute Gasteiger partial charge is 0.306 e. The fourth-order valence-corrected chi connectivity index (χ4v) is 3.56. The summed E-state index contributed by atoms with van der Waals surface area (Å²) in [6, 6.07) is 3.34. The molecule has 0 aliphatic carbocycles. The van der Waals surface area contributed by atoms with E-state index in [2.05, 4.69) is 0 Å². The Bertz CT molecular complexity index is 316. The van der Waals surface area contributed by atoms with E-state index < -0.39 is 34.4 Å². The predicted octanol–water partition coefficient (Wildman–Crippen LogP) is 1.26. The highest BCUT2D eigenvalue weighted by atomic mass is 35.5. The summed E-state index contributed by atoms with van der Waals surface area (Å²) in [5, 5.41) is 19.5. The van der Waals surface area contributed by atoms with Crippen molar-refractivity contribution in [2.45, 2.75) is 21.4 Å². The Morgan fingerprint density at radius 2 is 2.40 bits per heavy atom. The standard InChI is InChI=1S/C8H9ClO4S2/c9-8(5(10)4-6(11)12)15(13)7-2-1-3-14-7/h1-3,5,8,10H,4H2,(H,11,12). The Morgan fingerprint density at radius 3 is 2.87 bits per heavy atom. The fourth-order valence-electron chi connectivity index (χ4n) is 0.903. The van der Waals surface area contributed by atoms with Crippen LogP contribution >= 0.6 is 22.9 Å². The van der Waals surface area contributed by atoms with Gasteiger partial charge in [-0.3, -0.25) is 4.79 Å². The molecule has 1 aromatic rings. The van der Waals surface area contributed by atoms with E-state index in [-0.39, 0.29) is 0 Å². The number of thiophene rings is 1. The molecule has 1 aromatic heterocycles. The third kappa shape index (κ3) is 3.66. The fraction of sp³-hybridized carbons (Fsp3) is 0.375. The largest absolute Gasteiger partial charge is 0.610 e. The number of aliphatic carboxylic acids is 1. The summed E-state index contributed by atoms with van der Waals surface area (Å²) in [6.07, 6.45) is -1.82. The van der Waals surface area contributed by atoms with Gasteiger partial charge in [-0.15, -0.1) is 0 Å². The first-order chi connectivity index (χ1) is 7.02. The van der Waals surface area contributed by atoms with E-state index in [0.29, 0.717) is 4.21 Å². The molecule has 3 atom stereocenters. The zero-order valence-electron chi connectivity index (χ0n) is 7.50. The molecule has 0 amide bonds. The van der Waals surface area contributed by atoms with E-state index in [1.165, 1.54) is 11.3 Å². The van der Waals surface area contributed by atoms with Crippen LogP contribution in [0.2, 0.25) is 0 Å². The summed E-state index contributed by atoms with van der Waals surface area (Å²) in [7, 11) is 0. The van der Waals surface area contributed by atoms with Crippen LogP contribution in [0.3, 0.4) is 0 Å². The van der Waals surface area contributed by atoms with Crippen LogP contribution in [0.5, 0.6) is 0 Å². The molecule has 0 saturated carbocycles. The van der Waals surface area contributed by atoms with Crippen LogP contribution in [0.4, 0.5) is 0 Å². The van der Waals surface area contributed by atoms with Gasteiger partial charge in [-0.05, 0) is 11.4 Å². The predicted molar refractivity (Wildman–Crippen MR) is 58.6 cm³/mol. The van der Waals surface area contributed by atoms with Gasteiger partial charge in [0.05, 0.1) is 6.42 Å². The van der Waals surface area contributed by atoms with E-state index >= 15 is 0 Å². The van der Waals surface area contributed by atoms with E-state index in [9.17, 15) is 14.5 Å². The molecule has 0 spiro atoms. The van der Waals surface area contributed by atoms with Crippen LogP contribution in [0.1, 0.15) is 6.42 Å². The molecule has 0 aliphatic heterocycles. The quantitative estimate of drug-likeness (QED) is 0.622. The van der Waals surface area contributed by atoms with Gasteiger partial charge >= 0.3 is 5.97 Å². The third-order valence-electron chi connectivity index (χ3n) is 1.58. The average molecular weight is 269 g/mol. The number of rotatable bonds is 5. The average Bonchev–Trinajstić information content (AvgIpc) is 2.67. The minimum Gasteiger partial charge on any atom is -0.610 e. The first kappa shape index (κ1) is 12.8. The van der Waals surface area contributed by atoms with Crippen molar-refractivity contribution in [2.75, 3.05) is 0 Å². The highest BCUT2D eigenvalue weighted by Crippen LogP contribution is 2.26. The Morgan fingerprint density at radius 1 is 1.73 bits per heavy atom. The number of hydrogen-bond acceptors (Lipinski definition) is 4. The lowest BCUT2D eigenvalue weighted by molar-refractivity contribution is -0.138. The first-order valence-corrected chi connectivity index (χ1v) is 6.53. The zero-order chi connectivity index (χ0) is 11.4. The second-order valence-corrected chi connectivity index (χ2v) is 6.22. The maximum absolute atomic E-state index is 11.7. The lowest BCUT2D eigenvalue weighted by Crippen LogP contribution is -2.31. The SMILES string of the molecule is O=C(O)CC(O)C(Cl)[S+]([O-])c1cccs1. The first-order valence-electron chi connectivity index (χ1n) is 4.00. The van der Waals surface area contributed by atoms with Crippen molar-refractivity contribution >= 4 is 40.1 Å². The van der Waals surface area contributed by atoms with E-state index in [0.717, 1.165) is 0 Å². The second-order valence-electron chi connectivity index (χ2n) is 2.75. The maximum atomic E-state index is 11.7. The molecule has 15 heavy (non-hydrogen) atoms. The van der Waals surface area contributed by atoms with E-state index in [1.807, 2.05) is 0 Å². The van der Waals surface area contributed by atoms with Gasteiger partial charge in [0.15, 0.2) is 0 Å². The monoisotopic (exact) mass is 268 g/mol. The van der Waals surface area contributed by atoms with Crippen molar-refractivity contribution in [3.05, 3.63) is 17.5 Å². The molecule has 4 nitrogen and oxygen atoms in total. The second kappa shape index (κ2) is 5.72. The Hall–Kier alpha value is -0.270. The Labute approximate surface area is 98.7 Å². The highest BCUT2D eigenvalue weighted by molar-refractivity contribution is 7.95. The molecule has 2 N–H and O–H groups in total. The Kier molecular flexibility index (Phi) is 4.88. The molecule has 1 heterocycles. The van der Waals surface area contributed by atoms with Gasteiger partial charge in [-0.25, -0.2) is 0 Å². The molecule has 0 fully saturated rings. The lowest BCUT2D eigenvalue weighted by Gasteiger charge is -2.17. The van der Waals surface area contributed by atoms with Crippen molar-refractivity contribution in [2.24, 2.45) is 0 Å². The number of aliphatic hydroxyl groups is 1. The molecule has 0 aromatic carbocycles. The summed E-state index contributed by atoms with van der Waals surface area (Å²) in [6.45, 7) is 0. The molecule has 7 heteroatoms. The minimum atomic E-state index is -1.57. The topological polar surface area (TPSA) is 80.6 Å². The summed E-state index contributed by atoms with van der Waals surface area (Å²) in [5.74, 6) is -1.17. The van der Waals surface area contributed by atoms with Crippen LogP contribution in [-0.4, -0.2) is 31.5 Å². The van der Waals surface area contributed by atoms with Crippen LogP contribution < -0.4 is 0 Å². The molecular formula is C8H9ClO4S2. The van der Waals surface area contributed by atoms with Gasteiger partial charge in [0.25, 0.3) is 0 Å². The summed E-state index contributed by atoms with van der Waals surface area (Å²) >= 11 is 5.39. The number of halogens is 1. The zero-order valence-corrected chi connectivity index (χ0v) is 9.89. The molecule has 84 valence electrons. The van der Waals surface area contributed by atoms with Gasteiger partial charge in [-0.2, -0.15) is 0 Å². The Balaban J connectivity index is 2.59. The van der Waals surface area contributed by atoms with Crippen LogP contribution in [0.15, 0.2) is 21.7 Å². The van der Waals surface area contributed by atoms with Crippen molar-refractivity contribution in [3.8, 4) is 0 Å². The van der Waals surface area contributed by atoms with Crippen molar-refractivity contribution < 1.29 is 19.6 Å². The van der Waals surface area contributed by atoms with Gasteiger partial charge in [0.1, 0.15) is 6.10 Å². The molecule has 0 bridgehead atoms. The van der Waals surface area contributed by atoms with Crippen molar-refractivity contribution in [1.82, 2.24) is 0 Å². The summed E-state index contributed by atoms with van der Waals surface area (Å²) in [4.78, 5) is 10.3. The van der Waals surface area contributed by atoms with Crippen LogP contribution in [0.25, 0.3) is 0 Å². The van der Waals surface area contributed by atoms with Crippen LogP contribution in [0, 0.1) is 0 Å². The molecule has 0 radical (unpaired) electrons. The minimum absolute atomic E-state index is 0.509. The van der Waals surface area contributed by atoms with Gasteiger partial charge in [-0.1, -0.05) is 22.9 Å². The number of carboxylic acids is 1. The van der Waals surface area contributed by atoms with Gasteiger partial charge in [0, 0.05) is 17.2 Å². The molecule has 1 rings (SSSR count). The van der Waals surface area contributed by atoms with Crippen molar-refractivity contribution in [3.63, 3.8) is 0 Å². The van der Waals surface area contributed by atoms with E-state index in [1.54, 1.807) is 17.5 Å². The van der Waals surface area contributed by atoms with Gasteiger partial charge in [0.2, 0.25) is 8.92 Å². The number of carboxylic acid groups (broad SMARTS) is 1. The highest BCUT2D eigenvalue weighted by Gasteiger charge is 2.32. The number of carbonyl (C=O) groups is 1. The molecular weight excluding hydrogens is 260 g/mol. The summed E-state index contributed by atoms with van der Waals surface area (Å²) < 4.78 is 11.1. The maximum Gasteiger partial charge on any atom is 0.306 e. The molecule has 0 aliphatic rings. The van der Waals surface area contributed by atoms with Crippen molar-refractivity contribution in [1.29, 1.82) is 0 Å². The van der Waals surface area contributed by atoms with Gasteiger partial charge < -0.3 is 14.8 Å².